The van der Waals surface area contributed by atoms with E-state index >= 15 is 0 Å². The molecule has 6 heteroatoms. The largest absolute Gasteiger partial charge is 0.378 e. The standard InChI is InChI=1S/C12H16ClN3O2/c13-12-14-7-6-10(16-12)15-11(17)5-4-9-3-1-2-8-18-9/h6-7,9H,1-5,8H2,(H,14,15,16,17). The van der Waals surface area contributed by atoms with Crippen LogP contribution in [0.1, 0.15) is 32.1 Å². The molecular weight excluding hydrogens is 254 g/mol. The van der Waals surface area contributed by atoms with Gasteiger partial charge in [-0.1, -0.05) is 0 Å². The third kappa shape index (κ3) is 4.23. The molecule has 1 aliphatic heterocycles. The fraction of sp³-hybridized carbons (Fsp3) is 0.583. The maximum atomic E-state index is 11.7. The highest BCUT2D eigenvalue weighted by Crippen LogP contribution is 2.17. The third-order valence-corrected chi connectivity index (χ3v) is 3.04. The van der Waals surface area contributed by atoms with Crippen LogP contribution in [0, 0.1) is 0 Å². The summed E-state index contributed by atoms with van der Waals surface area (Å²) in [6.45, 7) is 0.813. The molecule has 1 aliphatic rings. The number of hydrogen-bond acceptors (Lipinski definition) is 4. The Kier molecular flexibility index (Phi) is 4.90. The Morgan fingerprint density at radius 1 is 1.56 bits per heavy atom. The molecule has 2 heterocycles. The molecule has 0 aliphatic carbocycles. The van der Waals surface area contributed by atoms with E-state index in [1.165, 1.54) is 12.6 Å². The van der Waals surface area contributed by atoms with Gasteiger partial charge in [0, 0.05) is 19.2 Å². The number of amides is 1. The highest BCUT2D eigenvalue weighted by Gasteiger charge is 2.15. The normalized spacial score (nSPS) is 19.5. The smallest absolute Gasteiger partial charge is 0.225 e. The Bertz CT molecular complexity index is 408. The van der Waals surface area contributed by atoms with Crippen LogP contribution < -0.4 is 5.32 Å². The summed E-state index contributed by atoms with van der Waals surface area (Å²) in [7, 11) is 0. The first kappa shape index (κ1) is 13.2. The maximum absolute atomic E-state index is 11.7. The predicted molar refractivity (Wildman–Crippen MR) is 68.5 cm³/mol. The summed E-state index contributed by atoms with van der Waals surface area (Å²) in [4.78, 5) is 19.3. The van der Waals surface area contributed by atoms with E-state index in [9.17, 15) is 4.79 Å². The molecule has 0 bridgehead atoms. The lowest BCUT2D eigenvalue weighted by atomic mass is 10.0. The van der Waals surface area contributed by atoms with Crippen LogP contribution in [0.4, 0.5) is 5.82 Å². The van der Waals surface area contributed by atoms with E-state index in [4.69, 9.17) is 16.3 Å². The molecule has 1 amide bonds. The van der Waals surface area contributed by atoms with Crippen molar-refractivity contribution in [2.75, 3.05) is 11.9 Å². The number of hydrogen-bond donors (Lipinski definition) is 1. The van der Waals surface area contributed by atoms with E-state index in [2.05, 4.69) is 15.3 Å². The van der Waals surface area contributed by atoms with Crippen LogP contribution in [0.15, 0.2) is 12.3 Å². The quantitative estimate of drug-likeness (QED) is 0.853. The van der Waals surface area contributed by atoms with Gasteiger partial charge in [-0.25, -0.2) is 9.97 Å². The lowest BCUT2D eigenvalue weighted by Gasteiger charge is -2.22. The third-order valence-electron chi connectivity index (χ3n) is 2.86. The van der Waals surface area contributed by atoms with Gasteiger partial charge in [-0.15, -0.1) is 0 Å². The minimum atomic E-state index is -0.0704. The second-order valence-corrected chi connectivity index (χ2v) is 4.62. The first-order valence-electron chi connectivity index (χ1n) is 6.14. The fourth-order valence-electron chi connectivity index (χ4n) is 1.94. The number of anilines is 1. The summed E-state index contributed by atoms with van der Waals surface area (Å²) in [6.07, 6.45) is 6.28. The van der Waals surface area contributed by atoms with Gasteiger partial charge in [-0.3, -0.25) is 4.79 Å². The van der Waals surface area contributed by atoms with Gasteiger partial charge in [0.1, 0.15) is 5.82 Å². The first-order valence-corrected chi connectivity index (χ1v) is 6.52. The molecule has 2 rings (SSSR count). The molecule has 18 heavy (non-hydrogen) atoms. The summed E-state index contributed by atoms with van der Waals surface area (Å²) in [5.74, 6) is 0.364. The van der Waals surface area contributed by atoms with Crippen molar-refractivity contribution in [3.05, 3.63) is 17.5 Å². The molecule has 1 fully saturated rings. The van der Waals surface area contributed by atoms with E-state index in [-0.39, 0.29) is 17.3 Å². The Balaban J connectivity index is 1.74. The van der Waals surface area contributed by atoms with Gasteiger partial charge >= 0.3 is 0 Å². The van der Waals surface area contributed by atoms with Crippen LogP contribution in [0.2, 0.25) is 5.28 Å². The highest BCUT2D eigenvalue weighted by molar-refractivity contribution is 6.28. The first-order chi connectivity index (χ1) is 8.74. The van der Waals surface area contributed by atoms with Crippen molar-refractivity contribution in [1.82, 2.24) is 9.97 Å². The molecule has 1 unspecified atom stereocenters. The zero-order chi connectivity index (χ0) is 12.8. The minimum absolute atomic E-state index is 0.0704. The van der Waals surface area contributed by atoms with Gasteiger partial charge < -0.3 is 10.1 Å². The number of nitrogens with zero attached hydrogens (tertiary/aromatic N) is 2. The van der Waals surface area contributed by atoms with Crippen LogP contribution in [0.5, 0.6) is 0 Å². The second kappa shape index (κ2) is 6.66. The van der Waals surface area contributed by atoms with Crippen molar-refractivity contribution in [2.45, 2.75) is 38.2 Å². The molecule has 5 nitrogen and oxygen atoms in total. The summed E-state index contributed by atoms with van der Waals surface area (Å²) < 4.78 is 5.57. The van der Waals surface area contributed by atoms with Gasteiger partial charge in [0.25, 0.3) is 0 Å². The van der Waals surface area contributed by atoms with Crippen molar-refractivity contribution in [3.8, 4) is 0 Å². The average molecular weight is 270 g/mol. The van der Waals surface area contributed by atoms with Crippen molar-refractivity contribution in [2.24, 2.45) is 0 Å². The number of ether oxygens (including phenoxy) is 1. The molecule has 1 aromatic heterocycles. The summed E-state index contributed by atoms with van der Waals surface area (Å²) in [5.41, 5.74) is 0. The van der Waals surface area contributed by atoms with E-state index < -0.39 is 0 Å². The van der Waals surface area contributed by atoms with E-state index in [0.29, 0.717) is 12.2 Å². The van der Waals surface area contributed by atoms with Gasteiger partial charge in [0.2, 0.25) is 11.2 Å². The highest BCUT2D eigenvalue weighted by atomic mass is 35.5. The monoisotopic (exact) mass is 269 g/mol. The lowest BCUT2D eigenvalue weighted by molar-refractivity contribution is -0.117. The van der Waals surface area contributed by atoms with E-state index in [1.807, 2.05) is 0 Å². The number of aromatic nitrogens is 2. The number of carbonyl (C=O) groups is 1. The van der Waals surface area contributed by atoms with Crippen LogP contribution in [0.3, 0.4) is 0 Å². The van der Waals surface area contributed by atoms with Gasteiger partial charge in [0.15, 0.2) is 0 Å². The zero-order valence-corrected chi connectivity index (χ0v) is 10.8. The van der Waals surface area contributed by atoms with E-state index in [1.54, 1.807) is 6.07 Å². The molecule has 0 radical (unpaired) electrons. The number of nitrogens with one attached hydrogen (secondary N) is 1. The average Bonchev–Trinajstić information content (AvgIpc) is 2.38. The summed E-state index contributed by atoms with van der Waals surface area (Å²) >= 11 is 5.63. The van der Waals surface area contributed by atoms with Gasteiger partial charge in [-0.05, 0) is 43.4 Å². The van der Waals surface area contributed by atoms with Crippen molar-refractivity contribution in [3.63, 3.8) is 0 Å². The van der Waals surface area contributed by atoms with Crippen LogP contribution >= 0.6 is 11.6 Å². The van der Waals surface area contributed by atoms with Gasteiger partial charge in [0.05, 0.1) is 6.10 Å². The molecule has 1 saturated heterocycles. The van der Waals surface area contributed by atoms with Crippen molar-refractivity contribution < 1.29 is 9.53 Å². The molecular formula is C12H16ClN3O2. The van der Waals surface area contributed by atoms with Crippen molar-refractivity contribution in [1.29, 1.82) is 0 Å². The van der Waals surface area contributed by atoms with E-state index in [0.717, 1.165) is 25.9 Å². The van der Waals surface area contributed by atoms with Crippen LogP contribution in [0.25, 0.3) is 0 Å². The van der Waals surface area contributed by atoms with Crippen LogP contribution in [-0.4, -0.2) is 28.6 Å². The topological polar surface area (TPSA) is 64.1 Å². The number of halogens is 1. The Morgan fingerprint density at radius 2 is 2.44 bits per heavy atom. The second-order valence-electron chi connectivity index (χ2n) is 4.29. The molecule has 0 spiro atoms. The molecule has 0 saturated carbocycles. The van der Waals surface area contributed by atoms with Crippen molar-refractivity contribution >= 4 is 23.3 Å². The molecule has 1 atom stereocenters. The Morgan fingerprint density at radius 3 is 3.17 bits per heavy atom. The Labute approximate surface area is 111 Å². The Hall–Kier alpha value is -1.20. The molecule has 1 N–H and O–H groups in total. The summed E-state index contributed by atoms with van der Waals surface area (Å²) in [5, 5.41) is 2.82. The molecule has 1 aromatic rings. The fourth-order valence-corrected chi connectivity index (χ4v) is 2.08. The van der Waals surface area contributed by atoms with Gasteiger partial charge in [-0.2, -0.15) is 0 Å². The minimum Gasteiger partial charge on any atom is -0.378 e. The number of rotatable bonds is 4. The molecule has 0 aromatic carbocycles. The maximum Gasteiger partial charge on any atom is 0.225 e. The number of carbonyl (C=O) groups excluding carboxylic acids is 1. The SMILES string of the molecule is O=C(CCC1CCCCO1)Nc1ccnc(Cl)n1. The lowest BCUT2D eigenvalue weighted by Crippen LogP contribution is -2.22. The summed E-state index contributed by atoms with van der Waals surface area (Å²) in [6, 6.07) is 1.61. The molecule has 98 valence electrons. The van der Waals surface area contributed by atoms with Crippen LogP contribution in [-0.2, 0) is 9.53 Å². The zero-order valence-electron chi connectivity index (χ0n) is 10.1. The predicted octanol–water partition coefficient (Wildman–Crippen LogP) is 2.42.